The molecule has 1 amide bonds. The first-order valence-corrected chi connectivity index (χ1v) is 13.1. The Bertz CT molecular complexity index is 949. The number of ether oxygens (including phenoxy) is 2. The fourth-order valence-corrected chi connectivity index (χ4v) is 5.25. The lowest BCUT2D eigenvalue weighted by Crippen LogP contribution is -2.44. The van der Waals surface area contributed by atoms with E-state index >= 15 is 0 Å². The van der Waals surface area contributed by atoms with Crippen molar-refractivity contribution in [2.75, 3.05) is 31.1 Å². The second-order valence-electron chi connectivity index (χ2n) is 8.94. The number of unbranched alkanes of at least 4 members (excludes halogenated alkanes) is 2. The zero-order chi connectivity index (χ0) is 24.7. The molecule has 0 spiro atoms. The fourth-order valence-electron chi connectivity index (χ4n) is 4.27. The van der Waals surface area contributed by atoms with Gasteiger partial charge in [-0.3, -0.25) is 14.6 Å². The van der Waals surface area contributed by atoms with Crippen LogP contribution in [0.3, 0.4) is 0 Å². The monoisotopic (exact) mass is 487 g/mol. The summed E-state index contributed by atoms with van der Waals surface area (Å²) in [7, 11) is 0. The standard InChI is InChI=1S/C26H37N3O4S/c1-6-8-9-14-29(26-27-20(5)23(34-26)25(31)32-7-2)24(30)22-12-10-21(11-13-22)17-28-15-18(3)33-19(4)16-28/h10-13,18-19H,6-9,14-17H2,1-5H3. The van der Waals surface area contributed by atoms with E-state index in [2.05, 4.69) is 30.7 Å². The van der Waals surface area contributed by atoms with Crippen LogP contribution < -0.4 is 4.90 Å². The van der Waals surface area contributed by atoms with Gasteiger partial charge in [-0.2, -0.15) is 0 Å². The molecule has 1 saturated heterocycles. The average molecular weight is 488 g/mol. The molecule has 0 N–H and O–H groups in total. The van der Waals surface area contributed by atoms with Crippen molar-refractivity contribution >= 4 is 28.3 Å². The van der Waals surface area contributed by atoms with Crippen LogP contribution in [0.15, 0.2) is 24.3 Å². The summed E-state index contributed by atoms with van der Waals surface area (Å²) >= 11 is 1.22. The molecular formula is C26H37N3O4S. The van der Waals surface area contributed by atoms with E-state index in [9.17, 15) is 9.59 Å². The van der Waals surface area contributed by atoms with Crippen molar-refractivity contribution in [3.63, 3.8) is 0 Å². The van der Waals surface area contributed by atoms with E-state index in [4.69, 9.17) is 9.47 Å². The van der Waals surface area contributed by atoms with Gasteiger partial charge in [-0.25, -0.2) is 9.78 Å². The topological polar surface area (TPSA) is 72.0 Å². The van der Waals surface area contributed by atoms with Crippen LogP contribution >= 0.6 is 11.3 Å². The van der Waals surface area contributed by atoms with Gasteiger partial charge in [-0.1, -0.05) is 43.2 Å². The van der Waals surface area contributed by atoms with Crippen molar-refractivity contribution in [3.8, 4) is 0 Å². The average Bonchev–Trinajstić information content (AvgIpc) is 3.17. The molecule has 0 aliphatic carbocycles. The number of aryl methyl sites for hydroxylation is 1. The molecule has 34 heavy (non-hydrogen) atoms. The lowest BCUT2D eigenvalue weighted by atomic mass is 10.1. The predicted molar refractivity (Wildman–Crippen MR) is 136 cm³/mol. The molecule has 0 radical (unpaired) electrons. The Balaban J connectivity index is 1.76. The predicted octanol–water partition coefficient (Wildman–Crippen LogP) is 5.07. The third-order valence-corrected chi connectivity index (χ3v) is 6.97. The molecule has 2 unspecified atom stereocenters. The minimum Gasteiger partial charge on any atom is -0.462 e. The number of aromatic nitrogens is 1. The van der Waals surface area contributed by atoms with Crippen molar-refractivity contribution in [1.29, 1.82) is 0 Å². The number of amides is 1. The number of morpholine rings is 1. The van der Waals surface area contributed by atoms with E-state index in [1.165, 1.54) is 16.9 Å². The van der Waals surface area contributed by atoms with Crippen molar-refractivity contribution in [1.82, 2.24) is 9.88 Å². The molecule has 2 atom stereocenters. The quantitative estimate of drug-likeness (QED) is 0.344. The maximum Gasteiger partial charge on any atom is 0.350 e. The second kappa shape index (κ2) is 12.4. The molecule has 186 valence electrons. The van der Waals surface area contributed by atoms with Gasteiger partial charge < -0.3 is 9.47 Å². The summed E-state index contributed by atoms with van der Waals surface area (Å²) in [6, 6.07) is 7.84. The van der Waals surface area contributed by atoms with E-state index in [0.717, 1.165) is 38.9 Å². The molecule has 0 bridgehead atoms. The fraction of sp³-hybridized carbons (Fsp3) is 0.577. The first kappa shape index (κ1) is 26.3. The van der Waals surface area contributed by atoms with Crippen molar-refractivity contribution in [2.24, 2.45) is 0 Å². The van der Waals surface area contributed by atoms with Crippen molar-refractivity contribution in [3.05, 3.63) is 46.0 Å². The van der Waals surface area contributed by atoms with E-state index in [1.54, 1.807) is 18.7 Å². The molecule has 2 aromatic rings. The Hall–Kier alpha value is -2.29. The molecule has 0 saturated carbocycles. The molecule has 1 aromatic heterocycles. The number of benzene rings is 1. The largest absolute Gasteiger partial charge is 0.462 e. The highest BCUT2D eigenvalue weighted by atomic mass is 32.1. The summed E-state index contributed by atoms with van der Waals surface area (Å²) in [6.07, 6.45) is 3.40. The lowest BCUT2D eigenvalue weighted by Gasteiger charge is -2.35. The Morgan fingerprint density at radius 1 is 1.15 bits per heavy atom. The van der Waals surface area contributed by atoms with E-state index in [1.807, 2.05) is 24.3 Å². The molecule has 7 nitrogen and oxygen atoms in total. The normalized spacial score (nSPS) is 18.6. The summed E-state index contributed by atoms with van der Waals surface area (Å²) in [5.74, 6) is -0.485. The van der Waals surface area contributed by atoms with Gasteiger partial charge >= 0.3 is 5.97 Å². The van der Waals surface area contributed by atoms with Gasteiger partial charge in [-0.15, -0.1) is 0 Å². The molecule has 1 aliphatic heterocycles. The van der Waals surface area contributed by atoms with E-state index < -0.39 is 0 Å². The van der Waals surface area contributed by atoms with Gasteiger partial charge in [0, 0.05) is 31.7 Å². The third kappa shape index (κ3) is 6.87. The number of rotatable bonds is 10. The number of anilines is 1. The van der Waals surface area contributed by atoms with Crippen LogP contribution in [0, 0.1) is 6.92 Å². The second-order valence-corrected chi connectivity index (χ2v) is 9.92. The van der Waals surface area contributed by atoms with E-state index in [0.29, 0.717) is 34.4 Å². The summed E-state index contributed by atoms with van der Waals surface area (Å²) in [6.45, 7) is 13.4. The highest BCUT2D eigenvalue weighted by Gasteiger charge is 2.25. The van der Waals surface area contributed by atoms with Crippen molar-refractivity contribution < 1.29 is 19.1 Å². The number of nitrogens with zero attached hydrogens (tertiary/aromatic N) is 3. The zero-order valence-corrected chi connectivity index (χ0v) is 21.8. The van der Waals surface area contributed by atoms with Gasteiger partial charge in [0.15, 0.2) is 5.13 Å². The van der Waals surface area contributed by atoms with Gasteiger partial charge in [0.05, 0.1) is 24.5 Å². The first-order chi connectivity index (χ1) is 16.3. The zero-order valence-electron chi connectivity index (χ0n) is 21.0. The summed E-state index contributed by atoms with van der Waals surface area (Å²) < 4.78 is 11.0. The maximum absolute atomic E-state index is 13.5. The number of hydrogen-bond donors (Lipinski definition) is 0. The molecule has 1 aliphatic rings. The minimum absolute atomic E-state index is 0.0968. The van der Waals surface area contributed by atoms with Crippen LogP contribution in [0.2, 0.25) is 0 Å². The van der Waals surface area contributed by atoms with Gasteiger partial charge in [0.25, 0.3) is 5.91 Å². The molecule has 8 heteroatoms. The van der Waals surface area contributed by atoms with Gasteiger partial charge in [-0.05, 0) is 51.8 Å². The Kier molecular flexibility index (Phi) is 9.62. The Morgan fingerprint density at radius 2 is 1.82 bits per heavy atom. The molecular weight excluding hydrogens is 450 g/mol. The number of thiazole rings is 1. The van der Waals surface area contributed by atoms with Crippen LogP contribution in [0.4, 0.5) is 5.13 Å². The van der Waals surface area contributed by atoms with Gasteiger partial charge in [0.2, 0.25) is 0 Å². The first-order valence-electron chi connectivity index (χ1n) is 12.3. The van der Waals surface area contributed by atoms with Gasteiger partial charge in [0.1, 0.15) is 4.88 Å². The summed E-state index contributed by atoms with van der Waals surface area (Å²) in [4.78, 5) is 34.9. The Labute approximate surface area is 207 Å². The third-order valence-electron chi connectivity index (χ3n) is 5.81. The minimum atomic E-state index is -0.388. The molecule has 3 rings (SSSR count). The highest BCUT2D eigenvalue weighted by Crippen LogP contribution is 2.29. The number of carbonyl (C=O) groups excluding carboxylic acids is 2. The van der Waals surface area contributed by atoms with Crippen LogP contribution in [0.1, 0.15) is 78.2 Å². The molecule has 1 fully saturated rings. The summed E-state index contributed by atoms with van der Waals surface area (Å²) in [5.41, 5.74) is 2.38. The lowest BCUT2D eigenvalue weighted by molar-refractivity contribution is -0.0704. The maximum atomic E-state index is 13.5. The molecule has 2 heterocycles. The van der Waals surface area contributed by atoms with Crippen LogP contribution in [0.25, 0.3) is 0 Å². The SMILES string of the molecule is CCCCCN(C(=O)c1ccc(CN2CC(C)OC(C)C2)cc1)c1nc(C)c(C(=O)OCC)s1. The van der Waals surface area contributed by atoms with Crippen LogP contribution in [0.5, 0.6) is 0 Å². The summed E-state index contributed by atoms with van der Waals surface area (Å²) in [5, 5.41) is 0.544. The van der Waals surface area contributed by atoms with Crippen molar-refractivity contribution in [2.45, 2.75) is 72.6 Å². The van der Waals surface area contributed by atoms with Crippen LogP contribution in [-0.4, -0.2) is 60.2 Å². The smallest absolute Gasteiger partial charge is 0.350 e. The number of hydrogen-bond acceptors (Lipinski definition) is 7. The Morgan fingerprint density at radius 3 is 2.44 bits per heavy atom. The molecule has 1 aromatic carbocycles. The number of carbonyl (C=O) groups is 2. The number of esters is 1. The van der Waals surface area contributed by atoms with E-state index in [-0.39, 0.29) is 24.1 Å². The van der Waals surface area contributed by atoms with Crippen LogP contribution in [-0.2, 0) is 16.0 Å². The highest BCUT2D eigenvalue weighted by molar-refractivity contribution is 7.17.